The fourth-order valence-electron chi connectivity index (χ4n) is 4.62. The molecular weight excluding hydrogens is 539 g/mol. The summed E-state index contributed by atoms with van der Waals surface area (Å²) in [4.78, 5) is 19.2. The summed E-state index contributed by atoms with van der Waals surface area (Å²) in [5.41, 5.74) is 2.76. The van der Waals surface area contributed by atoms with Crippen molar-refractivity contribution in [2.24, 2.45) is 0 Å². The van der Waals surface area contributed by atoms with Crippen molar-refractivity contribution >= 4 is 17.7 Å². The van der Waals surface area contributed by atoms with E-state index in [1.165, 1.54) is 29.7 Å². The van der Waals surface area contributed by atoms with Crippen molar-refractivity contribution in [3.05, 3.63) is 113 Å². The zero-order valence-electron chi connectivity index (χ0n) is 21.0. The Hall–Kier alpha value is -4.38. The van der Waals surface area contributed by atoms with Gasteiger partial charge in [-0.2, -0.15) is 13.2 Å². The first-order chi connectivity index (χ1) is 19.4. The summed E-state index contributed by atoms with van der Waals surface area (Å²) in [6.07, 6.45) is -2.38. The average molecular weight is 562 g/mol. The van der Waals surface area contributed by atoms with Crippen LogP contribution in [0, 0.1) is 0 Å². The molecule has 1 aliphatic heterocycles. The molecule has 3 heterocycles. The van der Waals surface area contributed by atoms with Gasteiger partial charge in [0.05, 0.1) is 17.0 Å². The highest BCUT2D eigenvalue weighted by Gasteiger charge is 2.31. The lowest BCUT2D eigenvalue weighted by Gasteiger charge is -2.28. The quantitative estimate of drug-likeness (QED) is 0.222. The molecule has 7 nitrogen and oxygen atoms in total. The van der Waals surface area contributed by atoms with Gasteiger partial charge in [-0.15, -0.1) is 10.2 Å². The van der Waals surface area contributed by atoms with Crippen molar-refractivity contribution in [2.75, 3.05) is 6.54 Å². The molecule has 0 atom stereocenters. The van der Waals surface area contributed by atoms with E-state index >= 15 is 0 Å². The topological polar surface area (TPSA) is 77.0 Å². The molecular formula is C29H22F3N5O2S. The van der Waals surface area contributed by atoms with Crippen LogP contribution in [0.4, 0.5) is 13.2 Å². The number of alkyl halides is 3. The number of hydrogen-bond acceptors (Lipinski definition) is 6. The first-order valence-electron chi connectivity index (χ1n) is 12.5. The largest absolute Gasteiger partial charge is 0.447 e. The van der Waals surface area contributed by atoms with Gasteiger partial charge in [0.15, 0.2) is 16.7 Å². The van der Waals surface area contributed by atoms with E-state index in [2.05, 4.69) is 21.2 Å². The lowest BCUT2D eigenvalue weighted by atomic mass is 10.00. The van der Waals surface area contributed by atoms with Gasteiger partial charge in [-0.25, -0.2) is 4.98 Å². The molecule has 202 valence electrons. The Morgan fingerprint density at radius 3 is 2.52 bits per heavy atom. The fourth-order valence-corrected chi connectivity index (χ4v) is 5.43. The third-order valence-electron chi connectivity index (χ3n) is 6.61. The number of amides is 1. The van der Waals surface area contributed by atoms with Crippen LogP contribution in [0.1, 0.15) is 33.1 Å². The second-order valence-electron chi connectivity index (χ2n) is 9.22. The van der Waals surface area contributed by atoms with Crippen LogP contribution in [0.15, 0.2) is 94.7 Å². The summed E-state index contributed by atoms with van der Waals surface area (Å²) >= 11 is 1.20. The summed E-state index contributed by atoms with van der Waals surface area (Å²) in [7, 11) is 0. The molecule has 11 heteroatoms. The molecule has 0 saturated carbocycles. The second kappa shape index (κ2) is 10.6. The Labute approximate surface area is 231 Å². The van der Waals surface area contributed by atoms with Gasteiger partial charge in [-0.1, -0.05) is 72.4 Å². The van der Waals surface area contributed by atoms with Gasteiger partial charge in [-0.3, -0.25) is 9.36 Å². The highest BCUT2D eigenvalue weighted by atomic mass is 32.2. The first kappa shape index (κ1) is 25.9. The van der Waals surface area contributed by atoms with Crippen molar-refractivity contribution < 1.29 is 22.4 Å². The maximum atomic E-state index is 13.5. The lowest BCUT2D eigenvalue weighted by molar-refractivity contribution is -0.137. The summed E-state index contributed by atoms with van der Waals surface area (Å²) in [5, 5.41) is 8.90. The van der Waals surface area contributed by atoms with E-state index in [1.54, 1.807) is 15.5 Å². The van der Waals surface area contributed by atoms with Gasteiger partial charge in [-0.05, 0) is 35.7 Å². The minimum Gasteiger partial charge on any atom is -0.447 e. The van der Waals surface area contributed by atoms with Gasteiger partial charge in [0.25, 0.3) is 5.91 Å². The van der Waals surface area contributed by atoms with Gasteiger partial charge in [0, 0.05) is 18.7 Å². The van der Waals surface area contributed by atoms with Crippen LogP contribution in [-0.2, 0) is 24.9 Å². The first-order valence-corrected chi connectivity index (χ1v) is 13.5. The Morgan fingerprint density at radius 1 is 0.950 bits per heavy atom. The van der Waals surface area contributed by atoms with Crippen LogP contribution < -0.4 is 0 Å². The summed E-state index contributed by atoms with van der Waals surface area (Å²) in [5.74, 6) is 0.678. The number of nitrogens with zero attached hydrogens (tertiary/aromatic N) is 5. The standard InChI is InChI=1S/C29H22F3N5O2S/c30-29(31,32)22-11-6-12-23(15-22)37-26(20-8-2-1-3-9-20)34-35-28(37)40-18-25-33-24(17-39-25)27(38)36-14-13-19-7-4-5-10-21(19)16-36/h1-12,15,17H,13-14,16,18H2. The van der Waals surface area contributed by atoms with Crippen molar-refractivity contribution in [2.45, 2.75) is 30.1 Å². The molecule has 0 N–H and O–H groups in total. The lowest BCUT2D eigenvalue weighted by Crippen LogP contribution is -2.36. The number of hydrogen-bond donors (Lipinski definition) is 0. The average Bonchev–Trinajstić information content (AvgIpc) is 3.63. The molecule has 0 bridgehead atoms. The molecule has 0 spiro atoms. The SMILES string of the molecule is O=C(c1coc(CSc2nnc(-c3ccccc3)n2-c2cccc(C(F)(F)F)c2)n1)N1CCc2ccccc2C1. The van der Waals surface area contributed by atoms with E-state index in [1.807, 2.05) is 48.5 Å². The molecule has 3 aromatic carbocycles. The third kappa shape index (κ3) is 5.24. The monoisotopic (exact) mass is 561 g/mol. The van der Waals surface area contributed by atoms with Crippen LogP contribution >= 0.6 is 11.8 Å². The number of oxazole rings is 1. The Bertz CT molecular complexity index is 1670. The minimum absolute atomic E-state index is 0.196. The molecule has 1 amide bonds. The van der Waals surface area contributed by atoms with Gasteiger partial charge >= 0.3 is 6.18 Å². The highest BCUT2D eigenvalue weighted by Crippen LogP contribution is 2.34. The van der Waals surface area contributed by atoms with E-state index < -0.39 is 11.7 Å². The van der Waals surface area contributed by atoms with Crippen LogP contribution in [0.5, 0.6) is 0 Å². The normalized spacial score (nSPS) is 13.3. The van der Waals surface area contributed by atoms with Crippen LogP contribution in [0.3, 0.4) is 0 Å². The smallest absolute Gasteiger partial charge is 0.416 e. The molecule has 40 heavy (non-hydrogen) atoms. The number of rotatable bonds is 6. The maximum absolute atomic E-state index is 13.5. The molecule has 1 aliphatic rings. The molecule has 0 fully saturated rings. The van der Waals surface area contributed by atoms with E-state index in [0.717, 1.165) is 24.1 Å². The Balaban J connectivity index is 1.24. The van der Waals surface area contributed by atoms with E-state index in [9.17, 15) is 18.0 Å². The van der Waals surface area contributed by atoms with Gasteiger partial charge in [0.1, 0.15) is 6.26 Å². The van der Waals surface area contributed by atoms with Crippen molar-refractivity contribution in [3.63, 3.8) is 0 Å². The van der Waals surface area contributed by atoms with Gasteiger partial charge in [0.2, 0.25) is 5.89 Å². The second-order valence-corrected chi connectivity index (χ2v) is 10.2. The number of carbonyl (C=O) groups is 1. The van der Waals surface area contributed by atoms with E-state index in [-0.39, 0.29) is 23.0 Å². The zero-order valence-corrected chi connectivity index (χ0v) is 21.8. The molecule has 0 radical (unpaired) electrons. The molecule has 6 rings (SSSR count). The predicted octanol–water partition coefficient (Wildman–Crippen LogP) is 6.43. The predicted molar refractivity (Wildman–Crippen MR) is 143 cm³/mol. The number of fused-ring (bicyclic) bond motifs is 1. The molecule has 5 aromatic rings. The van der Waals surface area contributed by atoms with E-state index in [0.29, 0.717) is 35.5 Å². The summed E-state index contributed by atoms with van der Waals surface area (Å²) in [6, 6.07) is 22.2. The summed E-state index contributed by atoms with van der Waals surface area (Å²) in [6.45, 7) is 1.10. The fraction of sp³-hybridized carbons (Fsp3) is 0.172. The zero-order chi connectivity index (χ0) is 27.7. The Morgan fingerprint density at radius 2 is 1.73 bits per heavy atom. The molecule has 2 aromatic heterocycles. The Kier molecular flexibility index (Phi) is 6.89. The summed E-state index contributed by atoms with van der Waals surface area (Å²) < 4.78 is 47.6. The molecule has 0 aliphatic carbocycles. The third-order valence-corrected chi connectivity index (χ3v) is 7.52. The number of halogens is 3. The molecule has 0 saturated heterocycles. The minimum atomic E-state index is -4.50. The van der Waals surface area contributed by atoms with E-state index in [4.69, 9.17) is 4.42 Å². The molecule has 0 unspecified atom stereocenters. The number of thioether (sulfide) groups is 1. The van der Waals surface area contributed by atoms with Gasteiger partial charge < -0.3 is 9.32 Å². The van der Waals surface area contributed by atoms with Crippen molar-refractivity contribution in [1.29, 1.82) is 0 Å². The number of benzene rings is 3. The van der Waals surface area contributed by atoms with Crippen molar-refractivity contribution in [3.8, 4) is 17.1 Å². The highest BCUT2D eigenvalue weighted by molar-refractivity contribution is 7.98. The van der Waals surface area contributed by atoms with Crippen LogP contribution in [-0.4, -0.2) is 37.1 Å². The van der Waals surface area contributed by atoms with Crippen LogP contribution in [0.2, 0.25) is 0 Å². The number of aromatic nitrogens is 4. The maximum Gasteiger partial charge on any atom is 0.416 e. The number of carbonyl (C=O) groups excluding carboxylic acids is 1. The van der Waals surface area contributed by atoms with Crippen molar-refractivity contribution in [1.82, 2.24) is 24.6 Å². The van der Waals surface area contributed by atoms with Crippen LogP contribution in [0.25, 0.3) is 17.1 Å².